The maximum atomic E-state index is 10.7. The van der Waals surface area contributed by atoms with E-state index in [0.717, 1.165) is 0 Å². The van der Waals surface area contributed by atoms with E-state index in [0.29, 0.717) is 6.42 Å². The van der Waals surface area contributed by atoms with Crippen molar-refractivity contribution in [2.24, 2.45) is 0 Å². The molecule has 0 aliphatic carbocycles. The molecule has 0 heterocycles. The molecule has 0 aliphatic rings. The Morgan fingerprint density at radius 3 is 2.36 bits per heavy atom. The van der Waals surface area contributed by atoms with E-state index in [1.165, 1.54) is 6.61 Å². The molecule has 11 heavy (non-hydrogen) atoms. The van der Waals surface area contributed by atoms with Crippen LogP contribution >= 0.6 is 0 Å². The number of carbonyl (C=O) groups is 1. The number of carbonyl (C=O) groups excluding carboxylic acids is 1. The molecule has 0 saturated carbocycles. The third-order valence-corrected chi connectivity index (χ3v) is 0.736. The minimum Gasteiger partial charge on any atom is -0.429 e. The molecule has 0 atom stereocenters. The van der Waals surface area contributed by atoms with Gasteiger partial charge in [0.2, 0.25) is 0 Å². The Labute approximate surface area is 67.7 Å². The highest BCUT2D eigenvalue weighted by Gasteiger charge is 2.16. The molecule has 0 N–H and O–H groups in total. The van der Waals surface area contributed by atoms with Gasteiger partial charge in [0.05, 0.1) is 0 Å². The van der Waals surface area contributed by atoms with E-state index in [-0.39, 0.29) is 0 Å². The summed E-state index contributed by atoms with van der Waals surface area (Å²) < 4.78 is 9.43. The fourth-order valence-corrected chi connectivity index (χ4v) is 0.425. The highest BCUT2D eigenvalue weighted by molar-refractivity contribution is 5.60. The van der Waals surface area contributed by atoms with Crippen molar-refractivity contribution >= 4 is 6.16 Å². The lowest BCUT2D eigenvalue weighted by Crippen LogP contribution is -2.23. The molecule has 0 bridgehead atoms. The zero-order valence-corrected chi connectivity index (χ0v) is 7.51. The monoisotopic (exact) mass is 159 g/mol. The smallest absolute Gasteiger partial charge is 0.429 e. The van der Waals surface area contributed by atoms with E-state index < -0.39 is 11.8 Å². The largest absolute Gasteiger partial charge is 0.509 e. The van der Waals surface area contributed by atoms with Gasteiger partial charge in [-0.25, -0.2) is 4.79 Å². The molecule has 0 rings (SSSR count). The Morgan fingerprint density at radius 1 is 1.45 bits per heavy atom. The van der Waals surface area contributed by atoms with Gasteiger partial charge in [-0.15, -0.1) is 0 Å². The predicted octanol–water partition coefficient (Wildman–Crippen LogP) is 2.51. The van der Waals surface area contributed by atoms with Crippen LogP contribution in [0.3, 0.4) is 0 Å². The fraction of sp³-hybridized carbons (Fsp3) is 0.750. The summed E-state index contributed by atoms with van der Waals surface area (Å²) in [6.45, 7) is 8.67. The first-order valence-electron chi connectivity index (χ1n) is 3.67. The molecule has 0 aromatic carbocycles. The van der Waals surface area contributed by atoms with E-state index in [9.17, 15) is 4.79 Å². The Morgan fingerprint density at radius 2 is 2.00 bits per heavy atom. The third kappa shape index (κ3) is 7.16. The standard InChI is InChI=1S/C8H15O3/c1-5-6-10-7(9)11-8(2,3)4/h6H,5H2,1-4H3. The molecule has 0 spiro atoms. The van der Waals surface area contributed by atoms with Crippen LogP contribution in [-0.4, -0.2) is 11.8 Å². The fourth-order valence-electron chi connectivity index (χ4n) is 0.425. The van der Waals surface area contributed by atoms with E-state index in [1.807, 2.05) is 6.92 Å². The number of hydrogen-bond donors (Lipinski definition) is 0. The highest BCUT2D eigenvalue weighted by atomic mass is 16.7. The van der Waals surface area contributed by atoms with Crippen molar-refractivity contribution < 1.29 is 14.3 Å². The van der Waals surface area contributed by atoms with Crippen LogP contribution in [0.5, 0.6) is 0 Å². The Kier molecular flexibility index (Phi) is 3.93. The molecule has 0 aromatic rings. The van der Waals surface area contributed by atoms with Crippen LogP contribution in [-0.2, 0) is 9.47 Å². The van der Waals surface area contributed by atoms with Crippen LogP contribution in [0.15, 0.2) is 0 Å². The van der Waals surface area contributed by atoms with Crippen LogP contribution in [0, 0.1) is 6.61 Å². The topological polar surface area (TPSA) is 35.5 Å². The number of rotatable bonds is 2. The first kappa shape index (κ1) is 10.3. The van der Waals surface area contributed by atoms with Crippen molar-refractivity contribution in [3.63, 3.8) is 0 Å². The Bertz CT molecular complexity index is 124. The zero-order valence-electron chi connectivity index (χ0n) is 7.51. The second kappa shape index (κ2) is 4.21. The minimum absolute atomic E-state index is 0.474. The molecule has 0 aliphatic heterocycles. The molecule has 0 fully saturated rings. The summed E-state index contributed by atoms with van der Waals surface area (Å²) in [5.41, 5.74) is -0.474. The van der Waals surface area contributed by atoms with Gasteiger partial charge in [-0.05, 0) is 27.2 Å². The van der Waals surface area contributed by atoms with Crippen LogP contribution in [0.25, 0.3) is 0 Å². The van der Waals surface area contributed by atoms with Gasteiger partial charge >= 0.3 is 6.16 Å². The Balaban J connectivity index is 3.53. The minimum atomic E-state index is -0.639. The van der Waals surface area contributed by atoms with Gasteiger partial charge in [0, 0.05) is 0 Å². The first-order valence-corrected chi connectivity index (χ1v) is 3.67. The van der Waals surface area contributed by atoms with Crippen molar-refractivity contribution in [3.8, 4) is 0 Å². The average Bonchev–Trinajstić information content (AvgIpc) is 1.79. The molecule has 0 amide bonds. The van der Waals surface area contributed by atoms with E-state index >= 15 is 0 Å². The van der Waals surface area contributed by atoms with Crippen molar-refractivity contribution in [2.45, 2.75) is 39.7 Å². The van der Waals surface area contributed by atoms with Crippen molar-refractivity contribution in [1.29, 1.82) is 0 Å². The highest BCUT2D eigenvalue weighted by Crippen LogP contribution is 2.08. The molecule has 1 radical (unpaired) electrons. The van der Waals surface area contributed by atoms with Gasteiger partial charge in [0.25, 0.3) is 0 Å². The summed E-state index contributed by atoms with van der Waals surface area (Å²) in [6, 6.07) is 0. The van der Waals surface area contributed by atoms with Crippen molar-refractivity contribution in [3.05, 3.63) is 6.61 Å². The molecule has 0 saturated heterocycles. The summed E-state index contributed by atoms with van der Waals surface area (Å²) in [7, 11) is 0. The first-order chi connectivity index (χ1) is 4.95. The van der Waals surface area contributed by atoms with Crippen LogP contribution in [0.4, 0.5) is 4.79 Å². The summed E-state index contributed by atoms with van der Waals surface area (Å²) in [5, 5.41) is 0. The maximum absolute atomic E-state index is 10.7. The lowest BCUT2D eigenvalue weighted by molar-refractivity contribution is 0.00374. The summed E-state index contributed by atoms with van der Waals surface area (Å²) in [5.74, 6) is 0. The van der Waals surface area contributed by atoms with Gasteiger partial charge in [-0.2, -0.15) is 0 Å². The van der Waals surface area contributed by atoms with Crippen molar-refractivity contribution in [2.75, 3.05) is 0 Å². The molecule has 3 nitrogen and oxygen atoms in total. The van der Waals surface area contributed by atoms with Gasteiger partial charge in [-0.1, -0.05) is 6.92 Å². The second-order valence-corrected chi connectivity index (χ2v) is 3.16. The predicted molar refractivity (Wildman–Crippen MR) is 41.9 cm³/mol. The summed E-state index contributed by atoms with van der Waals surface area (Å²) in [6.07, 6.45) is 0.0542. The lowest BCUT2D eigenvalue weighted by Gasteiger charge is -2.18. The van der Waals surface area contributed by atoms with Gasteiger partial charge in [0.1, 0.15) is 12.2 Å². The second-order valence-electron chi connectivity index (χ2n) is 3.16. The quantitative estimate of drug-likeness (QED) is 0.581. The number of ether oxygens (including phenoxy) is 2. The van der Waals surface area contributed by atoms with Crippen LogP contribution in [0.2, 0.25) is 0 Å². The summed E-state index contributed by atoms with van der Waals surface area (Å²) in [4.78, 5) is 10.7. The molecule has 0 unspecified atom stereocenters. The normalized spacial score (nSPS) is 10.9. The molecule has 3 heteroatoms. The molecule has 0 aromatic heterocycles. The zero-order chi connectivity index (χ0) is 8.91. The van der Waals surface area contributed by atoms with Crippen LogP contribution < -0.4 is 0 Å². The number of hydrogen-bond acceptors (Lipinski definition) is 3. The van der Waals surface area contributed by atoms with E-state index in [2.05, 4.69) is 4.74 Å². The van der Waals surface area contributed by atoms with Gasteiger partial charge in [-0.3, -0.25) is 0 Å². The Hall–Kier alpha value is -0.730. The van der Waals surface area contributed by atoms with Gasteiger partial charge < -0.3 is 9.47 Å². The van der Waals surface area contributed by atoms with E-state index in [1.54, 1.807) is 20.8 Å². The molecular weight excluding hydrogens is 144 g/mol. The average molecular weight is 159 g/mol. The molecule has 65 valence electrons. The van der Waals surface area contributed by atoms with Crippen LogP contribution in [0.1, 0.15) is 34.1 Å². The van der Waals surface area contributed by atoms with E-state index in [4.69, 9.17) is 4.74 Å². The third-order valence-electron chi connectivity index (χ3n) is 0.736. The summed E-state index contributed by atoms with van der Waals surface area (Å²) >= 11 is 0. The lowest BCUT2D eigenvalue weighted by atomic mass is 10.2. The SMILES string of the molecule is CC[CH]OC(=O)OC(C)(C)C. The van der Waals surface area contributed by atoms with Gasteiger partial charge in [0.15, 0.2) is 0 Å². The maximum Gasteiger partial charge on any atom is 0.509 e. The van der Waals surface area contributed by atoms with Crippen molar-refractivity contribution in [1.82, 2.24) is 0 Å². The molecular formula is C8H15O3.